The van der Waals surface area contributed by atoms with Gasteiger partial charge in [0.1, 0.15) is 0 Å². The zero-order valence-electron chi connectivity index (χ0n) is 20.4. The number of hydrogen-bond donors (Lipinski definition) is 1. The summed E-state index contributed by atoms with van der Waals surface area (Å²) in [7, 11) is 3.75. The second-order valence-corrected chi connectivity index (χ2v) is 7.71. The van der Waals surface area contributed by atoms with E-state index in [1.807, 2.05) is 125 Å². The fraction of sp³-hybridized carbons (Fsp3) is 0.143. The van der Waals surface area contributed by atoms with Gasteiger partial charge in [-0.1, -0.05) is 36.4 Å². The summed E-state index contributed by atoms with van der Waals surface area (Å²) in [6, 6.07) is 30.7. The van der Waals surface area contributed by atoms with Crippen molar-refractivity contribution >= 4 is 34.1 Å². The van der Waals surface area contributed by atoms with Gasteiger partial charge < -0.3 is 5.32 Å². The Balaban J connectivity index is 0.00000108. The molecule has 0 aromatic heterocycles. The number of nitrogens with one attached hydrogen (secondary N) is 1. The van der Waals surface area contributed by atoms with Crippen LogP contribution in [0.5, 0.6) is 0 Å². The molecule has 4 rings (SSSR count). The van der Waals surface area contributed by atoms with Crippen molar-refractivity contribution < 1.29 is 0 Å². The first-order valence-corrected chi connectivity index (χ1v) is 11.2. The third-order valence-electron chi connectivity index (χ3n) is 4.76. The summed E-state index contributed by atoms with van der Waals surface area (Å²) < 4.78 is 0. The van der Waals surface area contributed by atoms with Crippen molar-refractivity contribution in [2.75, 3.05) is 14.1 Å². The van der Waals surface area contributed by atoms with Gasteiger partial charge in [-0.25, -0.2) is 0 Å². The Morgan fingerprint density at radius 1 is 0.400 bits per heavy atom. The molecule has 4 aromatic carbocycles. The molecule has 0 bridgehead atoms. The van der Waals surface area contributed by atoms with E-state index >= 15 is 0 Å². The molecule has 176 valence electrons. The van der Waals surface area contributed by atoms with E-state index in [0.717, 1.165) is 45.3 Å². The molecule has 0 fully saturated rings. The van der Waals surface area contributed by atoms with Crippen molar-refractivity contribution in [3.05, 3.63) is 108 Å². The predicted octanol–water partition coefficient (Wildman–Crippen LogP) is 9.39. The van der Waals surface area contributed by atoms with Crippen LogP contribution in [-0.2, 0) is 0 Å². The Labute approximate surface area is 206 Å². The van der Waals surface area contributed by atoms with Gasteiger partial charge in [0.05, 0.1) is 34.1 Å². The second-order valence-electron chi connectivity index (χ2n) is 7.71. The van der Waals surface area contributed by atoms with E-state index in [9.17, 15) is 0 Å². The summed E-state index contributed by atoms with van der Waals surface area (Å²) in [4.78, 5) is 0. The van der Waals surface area contributed by atoms with E-state index in [2.05, 4.69) is 36.0 Å². The van der Waals surface area contributed by atoms with Crippen LogP contribution in [0.15, 0.2) is 128 Å². The summed E-state index contributed by atoms with van der Waals surface area (Å²) in [6.07, 6.45) is 0. The van der Waals surface area contributed by atoms with Gasteiger partial charge in [0.2, 0.25) is 0 Å². The van der Waals surface area contributed by atoms with Gasteiger partial charge in [-0.15, -0.1) is 0 Å². The minimum atomic E-state index is 0.739. The zero-order chi connectivity index (χ0) is 24.9. The van der Waals surface area contributed by atoms with Crippen molar-refractivity contribution in [1.82, 2.24) is 5.32 Å². The van der Waals surface area contributed by atoms with Crippen LogP contribution in [0.4, 0.5) is 34.1 Å². The third-order valence-corrected chi connectivity index (χ3v) is 4.76. The first-order chi connectivity index (χ1) is 17.1. The molecule has 0 unspecified atom stereocenters. The molecule has 0 saturated carbocycles. The molecule has 0 atom stereocenters. The van der Waals surface area contributed by atoms with Crippen molar-refractivity contribution in [3.63, 3.8) is 0 Å². The average Bonchev–Trinajstić information content (AvgIpc) is 2.88. The standard InChI is InChI=1S/C26H22N6.C2H7N/c1-19-7-3-5-9-25(19)31-29-23-15-11-21(12-16-23)27-28-22-13-17-24(18-14-22)30-32-26-10-6-4-8-20(26)2;1-3-2/h3-18H,1-2H3;3H,1-2H3. The lowest BCUT2D eigenvalue weighted by Gasteiger charge is -1.98. The highest BCUT2D eigenvalue weighted by molar-refractivity contribution is 5.51. The van der Waals surface area contributed by atoms with Crippen LogP contribution < -0.4 is 5.32 Å². The van der Waals surface area contributed by atoms with Crippen LogP contribution in [-0.4, -0.2) is 14.1 Å². The Kier molecular flexibility index (Phi) is 9.65. The molecule has 0 amide bonds. The van der Waals surface area contributed by atoms with Crippen LogP contribution >= 0.6 is 0 Å². The Hall–Kier alpha value is -4.36. The maximum Gasteiger partial charge on any atom is 0.0886 e. The van der Waals surface area contributed by atoms with Gasteiger partial charge in [0.25, 0.3) is 0 Å². The van der Waals surface area contributed by atoms with Crippen molar-refractivity contribution in [3.8, 4) is 0 Å². The van der Waals surface area contributed by atoms with E-state index in [0.29, 0.717) is 0 Å². The summed E-state index contributed by atoms with van der Waals surface area (Å²) in [6.45, 7) is 4.02. The van der Waals surface area contributed by atoms with E-state index in [1.54, 1.807) is 0 Å². The molecule has 1 N–H and O–H groups in total. The summed E-state index contributed by atoms with van der Waals surface area (Å²) >= 11 is 0. The number of nitrogens with zero attached hydrogens (tertiary/aromatic N) is 6. The monoisotopic (exact) mass is 463 g/mol. The summed E-state index contributed by atoms with van der Waals surface area (Å²) in [5.74, 6) is 0. The lowest BCUT2D eigenvalue weighted by atomic mass is 10.2. The lowest BCUT2D eigenvalue weighted by Crippen LogP contribution is -1.89. The molecule has 4 aromatic rings. The zero-order valence-corrected chi connectivity index (χ0v) is 20.4. The predicted molar refractivity (Wildman–Crippen MR) is 143 cm³/mol. The van der Waals surface area contributed by atoms with E-state index in [-0.39, 0.29) is 0 Å². The Morgan fingerprint density at radius 2 is 0.657 bits per heavy atom. The number of rotatable bonds is 6. The highest BCUT2D eigenvalue weighted by Crippen LogP contribution is 2.26. The highest BCUT2D eigenvalue weighted by atomic mass is 15.1. The number of hydrogen-bond acceptors (Lipinski definition) is 7. The fourth-order valence-electron chi connectivity index (χ4n) is 2.86. The largest absolute Gasteiger partial charge is 0.323 e. The smallest absolute Gasteiger partial charge is 0.0886 e. The molecule has 35 heavy (non-hydrogen) atoms. The molecule has 0 radical (unpaired) electrons. The van der Waals surface area contributed by atoms with Crippen LogP contribution in [0, 0.1) is 13.8 Å². The Morgan fingerprint density at radius 3 is 0.943 bits per heavy atom. The molecular formula is C28H29N7. The quantitative estimate of drug-likeness (QED) is 0.284. The average molecular weight is 464 g/mol. The van der Waals surface area contributed by atoms with Crippen LogP contribution in [0.1, 0.15) is 11.1 Å². The normalized spacial score (nSPS) is 11.2. The first kappa shape index (κ1) is 25.3. The van der Waals surface area contributed by atoms with Gasteiger partial charge in [-0.05, 0) is 99.7 Å². The number of azo groups is 3. The van der Waals surface area contributed by atoms with E-state index < -0.39 is 0 Å². The van der Waals surface area contributed by atoms with Crippen LogP contribution in [0.2, 0.25) is 0 Å². The van der Waals surface area contributed by atoms with Crippen molar-refractivity contribution in [1.29, 1.82) is 0 Å². The third kappa shape index (κ3) is 8.17. The minimum Gasteiger partial charge on any atom is -0.323 e. The number of benzene rings is 4. The summed E-state index contributed by atoms with van der Waals surface area (Å²) in [5, 5.41) is 28.5. The minimum absolute atomic E-state index is 0.739. The van der Waals surface area contributed by atoms with E-state index in [1.165, 1.54) is 0 Å². The molecule has 7 nitrogen and oxygen atoms in total. The van der Waals surface area contributed by atoms with Gasteiger partial charge in [0, 0.05) is 0 Å². The van der Waals surface area contributed by atoms with Gasteiger partial charge in [-0.2, -0.15) is 30.7 Å². The van der Waals surface area contributed by atoms with Gasteiger partial charge in [-0.3, -0.25) is 0 Å². The van der Waals surface area contributed by atoms with Gasteiger partial charge >= 0.3 is 0 Å². The maximum absolute atomic E-state index is 4.30. The topological polar surface area (TPSA) is 86.2 Å². The van der Waals surface area contributed by atoms with Crippen LogP contribution in [0.3, 0.4) is 0 Å². The molecule has 0 saturated heterocycles. The molecule has 7 heteroatoms. The highest BCUT2D eigenvalue weighted by Gasteiger charge is 1.97. The van der Waals surface area contributed by atoms with Crippen molar-refractivity contribution in [2.24, 2.45) is 30.7 Å². The van der Waals surface area contributed by atoms with E-state index in [4.69, 9.17) is 0 Å². The summed E-state index contributed by atoms with van der Waals surface area (Å²) in [5.41, 5.74) is 6.89. The molecule has 0 aliphatic rings. The second kappa shape index (κ2) is 13.4. The van der Waals surface area contributed by atoms with Crippen LogP contribution in [0.25, 0.3) is 0 Å². The number of aryl methyl sites for hydroxylation is 2. The molecular weight excluding hydrogens is 434 g/mol. The Bertz CT molecular complexity index is 1190. The van der Waals surface area contributed by atoms with Gasteiger partial charge in [0.15, 0.2) is 0 Å². The molecule has 0 spiro atoms. The maximum atomic E-state index is 4.30. The first-order valence-electron chi connectivity index (χ1n) is 11.2. The molecule has 0 heterocycles. The van der Waals surface area contributed by atoms with Crippen molar-refractivity contribution in [2.45, 2.75) is 13.8 Å². The molecule has 0 aliphatic carbocycles. The lowest BCUT2D eigenvalue weighted by molar-refractivity contribution is 1.02. The molecule has 0 aliphatic heterocycles. The fourth-order valence-corrected chi connectivity index (χ4v) is 2.86. The SMILES string of the molecule is CNC.Cc1ccccc1N=Nc1ccc(N=Nc2ccc(N=Nc3ccccc3C)cc2)cc1.